The molecule has 0 spiro atoms. The van der Waals surface area contributed by atoms with Gasteiger partial charge in [0.2, 0.25) is 0 Å². The van der Waals surface area contributed by atoms with Crippen LogP contribution in [0.5, 0.6) is 0 Å². The maximum atomic E-state index is 10.8. The van der Waals surface area contributed by atoms with Crippen LogP contribution in [0.3, 0.4) is 0 Å². The van der Waals surface area contributed by atoms with Gasteiger partial charge >= 0.3 is 0 Å². The second kappa shape index (κ2) is 4.94. The summed E-state index contributed by atoms with van der Waals surface area (Å²) in [5.74, 6) is 0. The minimum absolute atomic E-state index is 0.0553. The van der Waals surface area contributed by atoms with Crippen molar-refractivity contribution in [3.63, 3.8) is 0 Å². The highest BCUT2D eigenvalue weighted by molar-refractivity contribution is 5.70. The smallest absolute Gasteiger partial charge is 0.271 e. The molecule has 2 fully saturated rings. The average Bonchev–Trinajstić information content (AvgIpc) is 2.64. The molecule has 20 heavy (non-hydrogen) atoms. The molecule has 2 bridgehead atoms. The number of likely N-dealkylation sites (N-methyl/N-ethyl adjacent to an activating group) is 1. The van der Waals surface area contributed by atoms with E-state index in [1.54, 1.807) is 12.1 Å². The zero-order valence-corrected chi connectivity index (χ0v) is 11.7. The number of non-ortho nitro benzene ring substituents is 1. The summed E-state index contributed by atoms with van der Waals surface area (Å²) in [5.41, 5.74) is 7.50. The predicted octanol–water partition coefficient (Wildman–Crippen LogP) is 1.85. The molecule has 0 amide bonds. The summed E-state index contributed by atoms with van der Waals surface area (Å²) in [5, 5.41) is 10.8. The minimum atomic E-state index is -0.404. The Kier molecular flexibility index (Phi) is 3.25. The van der Waals surface area contributed by atoms with Crippen LogP contribution < -0.4 is 10.6 Å². The number of nitro benzene ring substituents is 1. The molecule has 0 aliphatic carbocycles. The Balaban J connectivity index is 1.84. The van der Waals surface area contributed by atoms with E-state index < -0.39 is 4.92 Å². The van der Waals surface area contributed by atoms with Gasteiger partial charge in [0.05, 0.1) is 16.3 Å². The predicted molar refractivity (Wildman–Crippen MR) is 78.9 cm³/mol. The summed E-state index contributed by atoms with van der Waals surface area (Å²) in [6, 6.07) is 6.02. The number of nitrogen functional groups attached to an aromatic ring is 1. The van der Waals surface area contributed by atoms with Gasteiger partial charge in [-0.3, -0.25) is 15.0 Å². The van der Waals surface area contributed by atoms with Gasteiger partial charge in [-0.05, 0) is 32.4 Å². The fraction of sp³-hybridized carbons (Fsp3) is 0.571. The van der Waals surface area contributed by atoms with Crippen LogP contribution in [-0.4, -0.2) is 42.0 Å². The lowest BCUT2D eigenvalue weighted by atomic mass is 10.1. The number of fused-ring (bicyclic) bond motifs is 2. The molecule has 2 saturated heterocycles. The van der Waals surface area contributed by atoms with Gasteiger partial charge in [0.15, 0.2) is 0 Å². The molecule has 3 rings (SSSR count). The van der Waals surface area contributed by atoms with Gasteiger partial charge in [0.1, 0.15) is 0 Å². The first-order valence-electron chi connectivity index (χ1n) is 7.07. The van der Waals surface area contributed by atoms with Crippen molar-refractivity contribution in [2.45, 2.75) is 31.3 Å². The number of rotatable bonds is 2. The van der Waals surface area contributed by atoms with Crippen molar-refractivity contribution in [3.05, 3.63) is 28.3 Å². The van der Waals surface area contributed by atoms with Gasteiger partial charge in [-0.25, -0.2) is 0 Å². The summed E-state index contributed by atoms with van der Waals surface area (Å²) in [6.07, 6.45) is 3.64. The molecule has 2 aliphatic heterocycles. The number of nitro groups is 1. The zero-order valence-electron chi connectivity index (χ0n) is 11.7. The third-order valence-corrected chi connectivity index (χ3v) is 4.71. The number of nitrogens with two attached hydrogens (primary N) is 1. The maximum absolute atomic E-state index is 10.8. The standard InChI is InChI=1S/C14H20N4O2/c1-16-10-2-3-12(16)9-17(7-6-10)14-5-4-11(18(19)20)8-13(14)15/h4-5,8,10,12H,2-3,6-7,9,15H2,1H3. The Morgan fingerprint density at radius 2 is 2.05 bits per heavy atom. The molecule has 2 N–H and O–H groups in total. The lowest BCUT2D eigenvalue weighted by Gasteiger charge is -2.28. The summed E-state index contributed by atoms with van der Waals surface area (Å²) >= 11 is 0. The highest BCUT2D eigenvalue weighted by atomic mass is 16.6. The van der Waals surface area contributed by atoms with Gasteiger partial charge < -0.3 is 10.6 Å². The molecule has 1 aromatic rings. The van der Waals surface area contributed by atoms with Crippen molar-refractivity contribution >= 4 is 17.1 Å². The third-order valence-electron chi connectivity index (χ3n) is 4.71. The van der Waals surface area contributed by atoms with E-state index in [-0.39, 0.29) is 5.69 Å². The number of benzene rings is 1. The van der Waals surface area contributed by atoms with E-state index in [1.165, 1.54) is 18.9 Å². The second-order valence-corrected chi connectivity index (χ2v) is 5.79. The number of hydrogen-bond donors (Lipinski definition) is 1. The fourth-order valence-electron chi connectivity index (χ4n) is 3.47. The zero-order chi connectivity index (χ0) is 14.3. The topological polar surface area (TPSA) is 75.6 Å². The number of anilines is 2. The lowest BCUT2D eigenvalue weighted by Crippen LogP contribution is -2.36. The van der Waals surface area contributed by atoms with Crippen LogP contribution in [0.4, 0.5) is 17.1 Å². The molecule has 6 heteroatoms. The molecule has 108 valence electrons. The van der Waals surface area contributed by atoms with Crippen LogP contribution in [-0.2, 0) is 0 Å². The van der Waals surface area contributed by atoms with Crippen LogP contribution in [0.1, 0.15) is 19.3 Å². The van der Waals surface area contributed by atoms with Crippen molar-refractivity contribution in [2.75, 3.05) is 30.8 Å². The summed E-state index contributed by atoms with van der Waals surface area (Å²) < 4.78 is 0. The largest absolute Gasteiger partial charge is 0.397 e. The number of nitrogens with zero attached hydrogens (tertiary/aromatic N) is 3. The van der Waals surface area contributed by atoms with Crippen LogP contribution >= 0.6 is 0 Å². The molecule has 6 nitrogen and oxygen atoms in total. The maximum Gasteiger partial charge on any atom is 0.271 e. The highest BCUT2D eigenvalue weighted by Crippen LogP contribution is 2.34. The van der Waals surface area contributed by atoms with Crippen LogP contribution in [0.25, 0.3) is 0 Å². The Morgan fingerprint density at radius 1 is 1.30 bits per heavy atom. The first kappa shape index (κ1) is 13.2. The van der Waals surface area contributed by atoms with Crippen molar-refractivity contribution in [2.24, 2.45) is 0 Å². The van der Waals surface area contributed by atoms with Crippen molar-refractivity contribution in [3.8, 4) is 0 Å². The first-order chi connectivity index (χ1) is 9.56. The minimum Gasteiger partial charge on any atom is -0.397 e. The molecular weight excluding hydrogens is 256 g/mol. The monoisotopic (exact) mass is 276 g/mol. The molecule has 2 heterocycles. The molecule has 1 aromatic carbocycles. The molecule has 2 aliphatic rings. The Bertz CT molecular complexity index is 534. The fourth-order valence-corrected chi connectivity index (χ4v) is 3.47. The SMILES string of the molecule is CN1C2CCC1CN(c1ccc([N+](=O)[O-])cc1N)CC2. The van der Waals surface area contributed by atoms with Gasteiger partial charge in [-0.2, -0.15) is 0 Å². The van der Waals surface area contributed by atoms with E-state index in [2.05, 4.69) is 16.8 Å². The highest BCUT2D eigenvalue weighted by Gasteiger charge is 2.35. The van der Waals surface area contributed by atoms with E-state index in [0.29, 0.717) is 17.8 Å². The van der Waals surface area contributed by atoms with E-state index in [9.17, 15) is 10.1 Å². The Labute approximate surface area is 118 Å². The van der Waals surface area contributed by atoms with E-state index >= 15 is 0 Å². The van der Waals surface area contributed by atoms with Gasteiger partial charge in [0.25, 0.3) is 5.69 Å². The van der Waals surface area contributed by atoms with Crippen LogP contribution in [0, 0.1) is 10.1 Å². The van der Waals surface area contributed by atoms with Crippen molar-refractivity contribution in [1.82, 2.24) is 4.90 Å². The first-order valence-corrected chi connectivity index (χ1v) is 7.07. The molecule has 0 saturated carbocycles. The van der Waals surface area contributed by atoms with Gasteiger partial charge in [-0.1, -0.05) is 0 Å². The molecule has 2 unspecified atom stereocenters. The van der Waals surface area contributed by atoms with Crippen molar-refractivity contribution < 1.29 is 4.92 Å². The normalized spacial score (nSPS) is 26.6. The van der Waals surface area contributed by atoms with Gasteiger partial charge in [0, 0.05) is 37.3 Å². The summed E-state index contributed by atoms with van der Waals surface area (Å²) in [6.45, 7) is 1.92. The Morgan fingerprint density at radius 3 is 2.75 bits per heavy atom. The average molecular weight is 276 g/mol. The molecular formula is C14H20N4O2. The van der Waals surface area contributed by atoms with E-state index in [0.717, 1.165) is 25.2 Å². The molecule has 0 aromatic heterocycles. The van der Waals surface area contributed by atoms with Gasteiger partial charge in [-0.15, -0.1) is 0 Å². The van der Waals surface area contributed by atoms with Crippen molar-refractivity contribution in [1.29, 1.82) is 0 Å². The lowest BCUT2D eigenvalue weighted by molar-refractivity contribution is -0.384. The number of hydrogen-bond acceptors (Lipinski definition) is 5. The molecule has 2 atom stereocenters. The Hall–Kier alpha value is -1.82. The third kappa shape index (κ3) is 2.20. The summed E-state index contributed by atoms with van der Waals surface area (Å²) in [7, 11) is 2.20. The molecule has 0 radical (unpaired) electrons. The van der Waals surface area contributed by atoms with Crippen LogP contribution in [0.15, 0.2) is 18.2 Å². The second-order valence-electron chi connectivity index (χ2n) is 5.79. The quantitative estimate of drug-likeness (QED) is 0.507. The summed E-state index contributed by atoms with van der Waals surface area (Å²) in [4.78, 5) is 15.1. The van der Waals surface area contributed by atoms with E-state index in [4.69, 9.17) is 5.73 Å². The van der Waals surface area contributed by atoms with E-state index in [1.807, 2.05) is 0 Å². The van der Waals surface area contributed by atoms with Crippen LogP contribution in [0.2, 0.25) is 0 Å².